The molecule has 0 spiro atoms. The molecule has 20 heteroatoms. The standard InChI is InChI=1S/C17H8F12O8/c18-5(9(22)23)13(30)34-1-17(2-35-14(31)6(19)10(24)25,3-36-15(32)7(20)11(26)27)4-37-16(33)8(21)12(28)29/h1-4H2. The Balaban J connectivity index is 6.33. The van der Waals surface area contributed by atoms with E-state index < -0.39 is 103 Å². The van der Waals surface area contributed by atoms with E-state index in [2.05, 4.69) is 18.9 Å². The normalized spacial score (nSPS) is 10.5. The first-order valence-electron chi connectivity index (χ1n) is 8.47. The Morgan fingerprint density at radius 1 is 0.378 bits per heavy atom. The van der Waals surface area contributed by atoms with Crippen molar-refractivity contribution >= 4 is 23.9 Å². The first kappa shape index (κ1) is 33.0. The fourth-order valence-electron chi connectivity index (χ4n) is 1.69. The molecule has 0 aliphatic heterocycles. The lowest BCUT2D eigenvalue weighted by Gasteiger charge is -2.31. The van der Waals surface area contributed by atoms with Gasteiger partial charge in [0.1, 0.15) is 31.8 Å². The summed E-state index contributed by atoms with van der Waals surface area (Å²) in [6.45, 7) is -7.29. The van der Waals surface area contributed by atoms with Gasteiger partial charge in [-0.3, -0.25) is 0 Å². The molecule has 0 radical (unpaired) electrons. The summed E-state index contributed by atoms with van der Waals surface area (Å²) in [6.07, 6.45) is -13.2. The largest absolute Gasteiger partial charge is 0.459 e. The van der Waals surface area contributed by atoms with Crippen molar-refractivity contribution in [1.82, 2.24) is 0 Å². The second-order valence-electron chi connectivity index (χ2n) is 6.10. The number of carbonyl (C=O) groups excluding carboxylic acids is 4. The molecule has 0 heterocycles. The van der Waals surface area contributed by atoms with Gasteiger partial charge in [-0.1, -0.05) is 0 Å². The maximum absolute atomic E-state index is 13.0. The van der Waals surface area contributed by atoms with Gasteiger partial charge in [0.2, 0.25) is 0 Å². The molecular weight excluding hydrogens is 560 g/mol. The third-order valence-corrected chi connectivity index (χ3v) is 3.42. The van der Waals surface area contributed by atoms with Crippen molar-refractivity contribution in [1.29, 1.82) is 0 Å². The van der Waals surface area contributed by atoms with E-state index in [4.69, 9.17) is 0 Å². The Labute approximate surface area is 195 Å². The Kier molecular flexibility index (Phi) is 13.0. The lowest BCUT2D eigenvalue weighted by molar-refractivity contribution is -0.168. The van der Waals surface area contributed by atoms with Crippen LogP contribution < -0.4 is 0 Å². The van der Waals surface area contributed by atoms with Crippen molar-refractivity contribution in [3.8, 4) is 0 Å². The summed E-state index contributed by atoms with van der Waals surface area (Å²) in [6, 6.07) is 0. The van der Waals surface area contributed by atoms with E-state index in [0.29, 0.717) is 0 Å². The van der Waals surface area contributed by atoms with E-state index >= 15 is 0 Å². The molecule has 0 aromatic carbocycles. The molecule has 0 fully saturated rings. The molecular formula is C17H8F12O8. The second kappa shape index (κ2) is 14.5. The van der Waals surface area contributed by atoms with Crippen LogP contribution in [0, 0.1) is 5.41 Å². The Morgan fingerprint density at radius 3 is 0.676 bits per heavy atom. The van der Waals surface area contributed by atoms with Crippen LogP contribution in [0.1, 0.15) is 0 Å². The SMILES string of the molecule is O=C(OCC(COC(=O)C(F)=C(F)F)(COC(=O)C(F)=C(F)F)COC(=O)C(F)=C(F)F)C(F)=C(F)F. The van der Waals surface area contributed by atoms with Crippen LogP contribution in [0.5, 0.6) is 0 Å². The molecule has 0 atom stereocenters. The number of hydrogen-bond donors (Lipinski definition) is 0. The number of esters is 4. The van der Waals surface area contributed by atoms with E-state index in [1.165, 1.54) is 0 Å². The highest BCUT2D eigenvalue weighted by atomic mass is 19.3. The van der Waals surface area contributed by atoms with E-state index in [1.54, 1.807) is 0 Å². The zero-order valence-corrected chi connectivity index (χ0v) is 17.1. The van der Waals surface area contributed by atoms with Crippen molar-refractivity contribution in [2.45, 2.75) is 0 Å². The van der Waals surface area contributed by atoms with Crippen LogP contribution in [0.4, 0.5) is 52.7 Å². The quantitative estimate of drug-likeness (QED) is 0.147. The Bertz CT molecular complexity index is 867. The van der Waals surface area contributed by atoms with Gasteiger partial charge in [0.15, 0.2) is 0 Å². The lowest BCUT2D eigenvalue weighted by atomic mass is 9.92. The van der Waals surface area contributed by atoms with E-state index in [9.17, 15) is 71.9 Å². The maximum atomic E-state index is 13.0. The number of halogens is 12. The molecule has 8 nitrogen and oxygen atoms in total. The minimum absolute atomic E-state index is 1.82. The summed E-state index contributed by atoms with van der Waals surface area (Å²) in [7, 11) is 0. The average molecular weight is 568 g/mol. The van der Waals surface area contributed by atoms with Crippen LogP contribution in [0.3, 0.4) is 0 Å². The topological polar surface area (TPSA) is 105 Å². The van der Waals surface area contributed by atoms with Gasteiger partial charge >= 0.3 is 48.2 Å². The van der Waals surface area contributed by atoms with Crippen molar-refractivity contribution in [2.24, 2.45) is 5.41 Å². The van der Waals surface area contributed by atoms with Crippen LogP contribution >= 0.6 is 0 Å². The first-order valence-corrected chi connectivity index (χ1v) is 8.47. The average Bonchev–Trinajstić information content (AvgIpc) is 2.84. The van der Waals surface area contributed by atoms with Crippen LogP contribution in [0.2, 0.25) is 0 Å². The molecule has 0 aromatic heterocycles. The molecule has 0 saturated heterocycles. The molecule has 0 bridgehead atoms. The predicted molar refractivity (Wildman–Crippen MR) is 87.7 cm³/mol. The zero-order chi connectivity index (χ0) is 29.1. The van der Waals surface area contributed by atoms with Gasteiger partial charge in [-0.2, -0.15) is 52.7 Å². The molecule has 208 valence electrons. The summed E-state index contributed by atoms with van der Waals surface area (Å²) in [5.74, 6) is -21.9. The first-order chi connectivity index (χ1) is 17.0. The number of rotatable bonds is 12. The highest BCUT2D eigenvalue weighted by molar-refractivity contribution is 5.87. The van der Waals surface area contributed by atoms with Crippen molar-refractivity contribution < 1.29 is 90.8 Å². The molecule has 37 heavy (non-hydrogen) atoms. The third-order valence-electron chi connectivity index (χ3n) is 3.42. The molecule has 0 saturated carbocycles. The van der Waals surface area contributed by atoms with Gasteiger partial charge in [0, 0.05) is 0 Å². The molecule has 0 amide bonds. The predicted octanol–water partition coefficient (Wildman–Crippen LogP) is 4.46. The molecule has 0 aromatic rings. The van der Waals surface area contributed by atoms with Crippen LogP contribution in [0.15, 0.2) is 47.6 Å². The van der Waals surface area contributed by atoms with Gasteiger partial charge < -0.3 is 18.9 Å². The highest BCUT2D eigenvalue weighted by Gasteiger charge is 2.40. The van der Waals surface area contributed by atoms with Crippen LogP contribution in [-0.2, 0) is 38.1 Å². The summed E-state index contributed by atoms with van der Waals surface area (Å²) < 4.78 is 165. The summed E-state index contributed by atoms with van der Waals surface area (Å²) >= 11 is 0. The lowest BCUT2D eigenvalue weighted by Crippen LogP contribution is -2.44. The Hall–Kier alpha value is -4.00. The van der Waals surface area contributed by atoms with Crippen molar-refractivity contribution in [3.63, 3.8) is 0 Å². The van der Waals surface area contributed by atoms with Crippen molar-refractivity contribution in [2.75, 3.05) is 26.4 Å². The van der Waals surface area contributed by atoms with Gasteiger partial charge in [-0.15, -0.1) is 0 Å². The zero-order valence-electron chi connectivity index (χ0n) is 17.1. The smallest absolute Gasteiger partial charge is 0.372 e. The molecule has 0 unspecified atom stereocenters. The molecule has 0 rings (SSSR count). The monoisotopic (exact) mass is 568 g/mol. The second-order valence-corrected chi connectivity index (χ2v) is 6.10. The summed E-state index contributed by atoms with van der Waals surface area (Å²) in [4.78, 5) is 45.1. The molecule has 0 N–H and O–H groups in total. The number of hydrogen-bond acceptors (Lipinski definition) is 8. The van der Waals surface area contributed by atoms with Gasteiger partial charge in [-0.05, 0) is 0 Å². The van der Waals surface area contributed by atoms with Crippen molar-refractivity contribution in [3.05, 3.63) is 47.6 Å². The van der Waals surface area contributed by atoms with Gasteiger partial charge in [-0.25, -0.2) is 19.2 Å². The van der Waals surface area contributed by atoms with E-state index in [-0.39, 0.29) is 0 Å². The molecule has 0 aliphatic rings. The summed E-state index contributed by atoms with van der Waals surface area (Å²) in [5.41, 5.74) is -2.99. The third kappa shape index (κ3) is 10.7. The van der Waals surface area contributed by atoms with Gasteiger partial charge in [0.05, 0.1) is 0 Å². The minimum atomic E-state index is -3.29. The van der Waals surface area contributed by atoms with E-state index in [0.717, 1.165) is 0 Å². The summed E-state index contributed by atoms with van der Waals surface area (Å²) in [5, 5.41) is 0. The maximum Gasteiger partial charge on any atom is 0.372 e. The molecule has 0 aliphatic carbocycles. The minimum Gasteiger partial charge on any atom is -0.459 e. The van der Waals surface area contributed by atoms with Gasteiger partial charge in [0.25, 0.3) is 23.3 Å². The van der Waals surface area contributed by atoms with E-state index in [1.807, 2.05) is 0 Å². The Morgan fingerprint density at radius 2 is 0.541 bits per heavy atom. The highest BCUT2D eigenvalue weighted by Crippen LogP contribution is 2.26. The number of carbonyl (C=O) groups is 4. The fourth-order valence-corrected chi connectivity index (χ4v) is 1.69. The van der Waals surface area contributed by atoms with Crippen LogP contribution in [0.25, 0.3) is 0 Å². The van der Waals surface area contributed by atoms with Crippen LogP contribution in [-0.4, -0.2) is 50.3 Å². The fraction of sp³-hybridized carbons (Fsp3) is 0.294. The number of ether oxygens (including phenoxy) is 4.